The average Bonchev–Trinajstić information content (AvgIpc) is 2.52. The van der Waals surface area contributed by atoms with Crippen LogP contribution in [0.25, 0.3) is 0 Å². The van der Waals surface area contributed by atoms with Crippen molar-refractivity contribution in [1.82, 2.24) is 9.97 Å². The molecule has 0 amide bonds. The lowest BCUT2D eigenvalue weighted by Gasteiger charge is -2.20. The zero-order valence-corrected chi connectivity index (χ0v) is 13.3. The predicted molar refractivity (Wildman–Crippen MR) is 88.0 cm³/mol. The van der Waals surface area contributed by atoms with E-state index in [4.69, 9.17) is 0 Å². The SMILES string of the molecule is Cc1cccc(C(O)CNc2nc(C)nc3c2CCCC3)c1. The molecule has 1 aromatic carbocycles. The standard InChI is InChI=1S/C18H23N3O/c1-12-6-5-7-14(10-12)17(22)11-19-18-15-8-3-4-9-16(15)20-13(2)21-18/h5-7,10,17,22H,3-4,8-9,11H2,1-2H3,(H,19,20,21). The van der Waals surface area contributed by atoms with Gasteiger partial charge in [0, 0.05) is 17.8 Å². The highest BCUT2D eigenvalue weighted by Crippen LogP contribution is 2.26. The normalized spacial score (nSPS) is 15.2. The number of anilines is 1. The van der Waals surface area contributed by atoms with Gasteiger partial charge in [0.1, 0.15) is 11.6 Å². The van der Waals surface area contributed by atoms with Crippen molar-refractivity contribution < 1.29 is 5.11 Å². The van der Waals surface area contributed by atoms with E-state index in [0.29, 0.717) is 6.54 Å². The van der Waals surface area contributed by atoms with Crippen LogP contribution in [0.1, 0.15) is 47.2 Å². The number of aryl methyl sites for hydroxylation is 3. The summed E-state index contributed by atoms with van der Waals surface area (Å²) < 4.78 is 0. The Hall–Kier alpha value is -1.94. The number of rotatable bonds is 4. The van der Waals surface area contributed by atoms with E-state index in [0.717, 1.165) is 35.6 Å². The molecule has 1 aliphatic rings. The van der Waals surface area contributed by atoms with Crippen molar-refractivity contribution in [2.45, 2.75) is 45.6 Å². The summed E-state index contributed by atoms with van der Waals surface area (Å²) in [6, 6.07) is 7.99. The molecule has 22 heavy (non-hydrogen) atoms. The van der Waals surface area contributed by atoms with Crippen LogP contribution in [0.4, 0.5) is 5.82 Å². The molecule has 1 aliphatic carbocycles. The molecule has 2 N–H and O–H groups in total. The first kappa shape index (κ1) is 15.0. The highest BCUT2D eigenvalue weighted by atomic mass is 16.3. The van der Waals surface area contributed by atoms with Crippen molar-refractivity contribution in [2.75, 3.05) is 11.9 Å². The smallest absolute Gasteiger partial charge is 0.133 e. The van der Waals surface area contributed by atoms with Gasteiger partial charge in [-0.15, -0.1) is 0 Å². The molecule has 1 atom stereocenters. The molecule has 4 heteroatoms. The lowest BCUT2D eigenvalue weighted by molar-refractivity contribution is 0.191. The van der Waals surface area contributed by atoms with Gasteiger partial charge in [-0.1, -0.05) is 29.8 Å². The molecule has 3 rings (SSSR count). The zero-order valence-electron chi connectivity index (χ0n) is 13.3. The van der Waals surface area contributed by atoms with Crippen LogP contribution in [-0.2, 0) is 12.8 Å². The number of nitrogens with one attached hydrogen (secondary N) is 1. The molecule has 0 aliphatic heterocycles. The average molecular weight is 297 g/mol. The van der Waals surface area contributed by atoms with E-state index in [1.54, 1.807) is 0 Å². The number of aliphatic hydroxyl groups excluding tert-OH is 1. The Balaban J connectivity index is 1.75. The maximum Gasteiger partial charge on any atom is 0.133 e. The Morgan fingerprint density at radius 3 is 2.82 bits per heavy atom. The molecule has 0 spiro atoms. The number of fused-ring (bicyclic) bond motifs is 1. The maximum absolute atomic E-state index is 10.4. The molecule has 2 aromatic rings. The quantitative estimate of drug-likeness (QED) is 0.910. The lowest BCUT2D eigenvalue weighted by atomic mass is 9.96. The maximum atomic E-state index is 10.4. The van der Waals surface area contributed by atoms with Crippen molar-refractivity contribution in [3.63, 3.8) is 0 Å². The van der Waals surface area contributed by atoms with Crippen LogP contribution in [0.3, 0.4) is 0 Å². The first-order valence-corrected chi connectivity index (χ1v) is 7.98. The third-order valence-electron chi connectivity index (χ3n) is 4.18. The summed E-state index contributed by atoms with van der Waals surface area (Å²) in [7, 11) is 0. The molecule has 4 nitrogen and oxygen atoms in total. The number of aliphatic hydroxyl groups is 1. The zero-order chi connectivity index (χ0) is 15.5. The molecule has 1 unspecified atom stereocenters. The van der Waals surface area contributed by atoms with E-state index in [9.17, 15) is 5.11 Å². The summed E-state index contributed by atoms with van der Waals surface area (Å²) in [5, 5.41) is 13.7. The summed E-state index contributed by atoms with van der Waals surface area (Å²) >= 11 is 0. The third kappa shape index (κ3) is 3.28. The Morgan fingerprint density at radius 1 is 1.18 bits per heavy atom. The highest BCUT2D eigenvalue weighted by molar-refractivity contribution is 5.48. The van der Waals surface area contributed by atoms with E-state index in [-0.39, 0.29) is 0 Å². The lowest BCUT2D eigenvalue weighted by Crippen LogP contribution is -2.18. The Kier molecular flexibility index (Phi) is 4.39. The molecule has 0 saturated carbocycles. The first-order valence-electron chi connectivity index (χ1n) is 7.98. The molecule has 1 heterocycles. The van der Waals surface area contributed by atoms with Gasteiger partial charge in [0.05, 0.1) is 6.10 Å². The number of hydrogen-bond acceptors (Lipinski definition) is 4. The summed E-state index contributed by atoms with van der Waals surface area (Å²) in [6.07, 6.45) is 3.92. The molecule has 0 bridgehead atoms. The fourth-order valence-electron chi connectivity index (χ4n) is 3.05. The van der Waals surface area contributed by atoms with Crippen LogP contribution >= 0.6 is 0 Å². The number of nitrogens with zero attached hydrogens (tertiary/aromatic N) is 2. The molecule has 116 valence electrons. The summed E-state index contributed by atoms with van der Waals surface area (Å²) in [5.74, 6) is 1.70. The summed E-state index contributed by atoms with van der Waals surface area (Å²) in [4.78, 5) is 9.09. The molecular weight excluding hydrogens is 274 g/mol. The minimum atomic E-state index is -0.533. The fourth-order valence-corrected chi connectivity index (χ4v) is 3.05. The minimum Gasteiger partial charge on any atom is -0.387 e. The van der Waals surface area contributed by atoms with Gasteiger partial charge in [-0.3, -0.25) is 0 Å². The first-order chi connectivity index (χ1) is 10.6. The van der Waals surface area contributed by atoms with Gasteiger partial charge in [0.15, 0.2) is 0 Å². The second kappa shape index (κ2) is 6.44. The van der Waals surface area contributed by atoms with Crippen LogP contribution in [0.2, 0.25) is 0 Å². The molecule has 1 aromatic heterocycles. The van der Waals surface area contributed by atoms with E-state index >= 15 is 0 Å². The van der Waals surface area contributed by atoms with Gasteiger partial charge in [-0.25, -0.2) is 9.97 Å². The van der Waals surface area contributed by atoms with Gasteiger partial charge >= 0.3 is 0 Å². The van der Waals surface area contributed by atoms with Crippen LogP contribution in [0, 0.1) is 13.8 Å². The van der Waals surface area contributed by atoms with E-state index in [1.165, 1.54) is 24.1 Å². The van der Waals surface area contributed by atoms with Gasteiger partial charge < -0.3 is 10.4 Å². The van der Waals surface area contributed by atoms with Gasteiger partial charge in [-0.2, -0.15) is 0 Å². The third-order valence-corrected chi connectivity index (χ3v) is 4.18. The van der Waals surface area contributed by atoms with Crippen LogP contribution in [0.5, 0.6) is 0 Å². The van der Waals surface area contributed by atoms with Crippen LogP contribution in [0.15, 0.2) is 24.3 Å². The van der Waals surface area contributed by atoms with Crippen LogP contribution in [-0.4, -0.2) is 21.6 Å². The summed E-state index contributed by atoms with van der Waals surface area (Å²) in [5.41, 5.74) is 4.50. The fraction of sp³-hybridized carbons (Fsp3) is 0.444. The van der Waals surface area contributed by atoms with Gasteiger partial charge in [0.25, 0.3) is 0 Å². The van der Waals surface area contributed by atoms with Crippen molar-refractivity contribution >= 4 is 5.82 Å². The Labute approximate surface area is 131 Å². The number of hydrogen-bond donors (Lipinski definition) is 2. The number of aromatic nitrogens is 2. The minimum absolute atomic E-state index is 0.465. The largest absolute Gasteiger partial charge is 0.387 e. The Bertz CT molecular complexity index is 669. The molecule has 0 radical (unpaired) electrons. The monoisotopic (exact) mass is 297 g/mol. The van der Waals surface area contributed by atoms with E-state index < -0.39 is 6.10 Å². The Morgan fingerprint density at radius 2 is 2.00 bits per heavy atom. The van der Waals surface area contributed by atoms with Crippen molar-refractivity contribution in [3.8, 4) is 0 Å². The van der Waals surface area contributed by atoms with Crippen molar-refractivity contribution in [1.29, 1.82) is 0 Å². The van der Waals surface area contributed by atoms with E-state index in [2.05, 4.69) is 15.3 Å². The number of benzene rings is 1. The van der Waals surface area contributed by atoms with Crippen molar-refractivity contribution in [2.24, 2.45) is 0 Å². The van der Waals surface area contributed by atoms with Gasteiger partial charge in [-0.05, 0) is 45.1 Å². The van der Waals surface area contributed by atoms with Gasteiger partial charge in [0.2, 0.25) is 0 Å². The van der Waals surface area contributed by atoms with E-state index in [1.807, 2.05) is 38.1 Å². The highest BCUT2D eigenvalue weighted by Gasteiger charge is 2.17. The van der Waals surface area contributed by atoms with Crippen LogP contribution < -0.4 is 5.32 Å². The second-order valence-corrected chi connectivity index (χ2v) is 6.06. The van der Waals surface area contributed by atoms with Crippen molar-refractivity contribution in [3.05, 3.63) is 52.5 Å². The second-order valence-electron chi connectivity index (χ2n) is 6.06. The molecular formula is C18H23N3O. The summed E-state index contributed by atoms with van der Waals surface area (Å²) in [6.45, 7) is 4.43. The molecule has 0 saturated heterocycles. The topological polar surface area (TPSA) is 58.0 Å². The predicted octanol–water partition coefficient (Wildman–Crippen LogP) is 3.12. The molecule has 0 fully saturated rings.